The molecule has 1 aromatic heterocycles. The summed E-state index contributed by atoms with van der Waals surface area (Å²) < 4.78 is 0. The molecule has 1 aliphatic rings. The van der Waals surface area contributed by atoms with Crippen molar-refractivity contribution in [1.29, 1.82) is 5.26 Å². The molecular formula is C15H13N3O2S. The van der Waals surface area contributed by atoms with Crippen LogP contribution >= 0.6 is 11.3 Å². The van der Waals surface area contributed by atoms with Crippen LogP contribution in [-0.2, 0) is 19.4 Å². The molecule has 0 unspecified atom stereocenters. The quantitative estimate of drug-likeness (QED) is 0.690. The van der Waals surface area contributed by atoms with Gasteiger partial charge in [0.2, 0.25) is 0 Å². The Morgan fingerprint density at radius 2 is 2.24 bits per heavy atom. The normalized spacial score (nSPS) is 12.7. The molecule has 1 N–H and O–H groups in total. The Morgan fingerprint density at radius 3 is 2.95 bits per heavy atom. The van der Waals surface area contributed by atoms with Gasteiger partial charge in [-0.1, -0.05) is 0 Å². The summed E-state index contributed by atoms with van der Waals surface area (Å²) >= 11 is 1.81. The Morgan fingerprint density at radius 1 is 1.38 bits per heavy atom. The molecule has 0 amide bonds. The van der Waals surface area contributed by atoms with Crippen LogP contribution in [0.5, 0.6) is 0 Å². The van der Waals surface area contributed by atoms with Crippen molar-refractivity contribution in [3.8, 4) is 6.07 Å². The second-order valence-corrected chi connectivity index (χ2v) is 6.19. The molecule has 0 radical (unpaired) electrons. The molecule has 1 aliphatic carbocycles. The number of fused-ring (bicyclic) bond motifs is 1. The average Bonchev–Trinajstić information content (AvgIpc) is 3.05. The van der Waals surface area contributed by atoms with Crippen molar-refractivity contribution in [3.05, 3.63) is 55.3 Å². The first kappa shape index (κ1) is 13.6. The van der Waals surface area contributed by atoms with Crippen molar-refractivity contribution < 1.29 is 4.92 Å². The van der Waals surface area contributed by atoms with E-state index in [1.165, 1.54) is 40.3 Å². The van der Waals surface area contributed by atoms with Crippen LogP contribution in [0.25, 0.3) is 0 Å². The topological polar surface area (TPSA) is 79.0 Å². The number of nitrogens with zero attached hydrogens (tertiary/aromatic N) is 2. The summed E-state index contributed by atoms with van der Waals surface area (Å²) in [5.74, 6) is 0. The number of hydrogen-bond donors (Lipinski definition) is 1. The second kappa shape index (κ2) is 5.54. The number of hydrogen-bond acceptors (Lipinski definition) is 5. The van der Waals surface area contributed by atoms with Crippen molar-refractivity contribution >= 4 is 22.7 Å². The fraction of sp³-hybridized carbons (Fsp3) is 0.267. The molecule has 1 heterocycles. The van der Waals surface area contributed by atoms with Gasteiger partial charge in [-0.25, -0.2) is 0 Å². The van der Waals surface area contributed by atoms with E-state index in [2.05, 4.69) is 11.4 Å². The Balaban J connectivity index is 1.74. The Kier molecular flexibility index (Phi) is 3.59. The van der Waals surface area contributed by atoms with E-state index in [9.17, 15) is 10.1 Å². The number of anilines is 1. The van der Waals surface area contributed by atoms with Gasteiger partial charge in [0, 0.05) is 28.1 Å². The van der Waals surface area contributed by atoms with Crippen LogP contribution < -0.4 is 5.32 Å². The zero-order valence-electron chi connectivity index (χ0n) is 11.3. The summed E-state index contributed by atoms with van der Waals surface area (Å²) in [6, 6.07) is 8.66. The highest BCUT2D eigenvalue weighted by Gasteiger charge is 2.16. The summed E-state index contributed by atoms with van der Waals surface area (Å²) in [6.07, 6.45) is 3.58. The highest BCUT2D eigenvalue weighted by atomic mass is 32.1. The van der Waals surface area contributed by atoms with Gasteiger partial charge >= 0.3 is 0 Å². The number of benzene rings is 1. The second-order valence-electron chi connectivity index (χ2n) is 4.97. The maximum absolute atomic E-state index is 10.9. The maximum atomic E-state index is 10.9. The minimum absolute atomic E-state index is 0.0839. The lowest BCUT2D eigenvalue weighted by Gasteiger charge is -2.05. The number of nitrogens with one attached hydrogen (secondary N) is 1. The Bertz CT molecular complexity index is 724. The van der Waals surface area contributed by atoms with Crippen LogP contribution in [0.1, 0.15) is 27.3 Å². The monoisotopic (exact) mass is 299 g/mol. The van der Waals surface area contributed by atoms with E-state index in [1.807, 2.05) is 17.4 Å². The van der Waals surface area contributed by atoms with Gasteiger partial charge in [-0.3, -0.25) is 10.1 Å². The predicted molar refractivity (Wildman–Crippen MR) is 81.5 cm³/mol. The van der Waals surface area contributed by atoms with Crippen molar-refractivity contribution in [1.82, 2.24) is 0 Å². The van der Waals surface area contributed by atoms with Gasteiger partial charge in [0.15, 0.2) is 0 Å². The van der Waals surface area contributed by atoms with Gasteiger partial charge < -0.3 is 5.32 Å². The van der Waals surface area contributed by atoms with Gasteiger partial charge in [-0.2, -0.15) is 5.26 Å². The number of nitro benzene ring substituents is 1. The zero-order chi connectivity index (χ0) is 14.8. The Labute approximate surface area is 126 Å². The molecule has 0 saturated heterocycles. The van der Waals surface area contributed by atoms with Crippen LogP contribution in [0.3, 0.4) is 0 Å². The smallest absolute Gasteiger partial charge is 0.289 e. The van der Waals surface area contributed by atoms with Crippen molar-refractivity contribution in [2.75, 3.05) is 5.32 Å². The minimum Gasteiger partial charge on any atom is -0.380 e. The van der Waals surface area contributed by atoms with Crippen LogP contribution in [-0.4, -0.2) is 4.92 Å². The number of thiophene rings is 1. The standard InChI is InChI=1S/C15H13N3O2S/c16-8-11-4-5-12(7-14(11)18(19)20)17-9-13-6-10-2-1-3-15(10)21-13/h4-7,17H,1-3,9H2. The molecule has 5 nitrogen and oxygen atoms in total. The third-order valence-electron chi connectivity index (χ3n) is 3.58. The molecule has 0 fully saturated rings. The molecule has 21 heavy (non-hydrogen) atoms. The molecule has 0 saturated carbocycles. The molecule has 1 aromatic carbocycles. The van der Waals surface area contributed by atoms with E-state index >= 15 is 0 Å². The highest BCUT2D eigenvalue weighted by Crippen LogP contribution is 2.31. The van der Waals surface area contributed by atoms with Gasteiger partial charge in [-0.15, -0.1) is 11.3 Å². The van der Waals surface area contributed by atoms with Crippen molar-refractivity contribution in [2.24, 2.45) is 0 Å². The fourth-order valence-electron chi connectivity index (χ4n) is 2.55. The van der Waals surface area contributed by atoms with Gasteiger partial charge in [0.05, 0.1) is 4.92 Å². The average molecular weight is 299 g/mol. The van der Waals surface area contributed by atoms with Crippen molar-refractivity contribution in [3.63, 3.8) is 0 Å². The molecule has 0 bridgehead atoms. The summed E-state index contributed by atoms with van der Waals surface area (Å²) in [5.41, 5.74) is 2.04. The molecule has 6 heteroatoms. The Hall–Kier alpha value is -2.39. The van der Waals surface area contributed by atoms with E-state index in [-0.39, 0.29) is 11.3 Å². The van der Waals surface area contributed by atoms with Crippen LogP contribution in [0.2, 0.25) is 0 Å². The number of aryl methyl sites for hydroxylation is 2. The van der Waals surface area contributed by atoms with E-state index in [1.54, 1.807) is 6.07 Å². The lowest BCUT2D eigenvalue weighted by molar-refractivity contribution is -0.385. The maximum Gasteiger partial charge on any atom is 0.289 e. The van der Waals surface area contributed by atoms with E-state index in [4.69, 9.17) is 5.26 Å². The lowest BCUT2D eigenvalue weighted by atomic mass is 10.2. The fourth-order valence-corrected chi connectivity index (χ4v) is 3.75. The summed E-state index contributed by atoms with van der Waals surface area (Å²) in [4.78, 5) is 13.1. The highest BCUT2D eigenvalue weighted by molar-refractivity contribution is 7.12. The lowest BCUT2D eigenvalue weighted by Crippen LogP contribution is -1.99. The molecular weight excluding hydrogens is 286 g/mol. The van der Waals surface area contributed by atoms with E-state index < -0.39 is 4.92 Å². The summed E-state index contributed by atoms with van der Waals surface area (Å²) in [7, 11) is 0. The zero-order valence-corrected chi connectivity index (χ0v) is 12.1. The van der Waals surface area contributed by atoms with E-state index in [0.29, 0.717) is 12.2 Å². The van der Waals surface area contributed by atoms with Crippen molar-refractivity contribution in [2.45, 2.75) is 25.8 Å². The number of nitriles is 1. The van der Waals surface area contributed by atoms with Crippen LogP contribution in [0.4, 0.5) is 11.4 Å². The molecule has 0 spiro atoms. The van der Waals surface area contributed by atoms with Gasteiger partial charge in [0.1, 0.15) is 11.6 Å². The van der Waals surface area contributed by atoms with E-state index in [0.717, 1.165) is 6.42 Å². The first-order valence-corrected chi connectivity index (χ1v) is 7.52. The summed E-state index contributed by atoms with van der Waals surface area (Å²) in [5, 5.41) is 23.0. The SMILES string of the molecule is N#Cc1ccc(NCc2cc3c(s2)CCC3)cc1[N+](=O)[O-]. The third-order valence-corrected chi connectivity index (χ3v) is 4.82. The predicted octanol–water partition coefficient (Wildman–Crippen LogP) is 3.63. The number of nitro groups is 1. The molecule has 106 valence electrons. The summed E-state index contributed by atoms with van der Waals surface area (Å²) in [6.45, 7) is 0.653. The third kappa shape index (κ3) is 2.73. The van der Waals surface area contributed by atoms with Crippen LogP contribution in [0.15, 0.2) is 24.3 Å². The van der Waals surface area contributed by atoms with Crippen LogP contribution in [0, 0.1) is 21.4 Å². The molecule has 3 rings (SSSR count). The number of rotatable bonds is 4. The minimum atomic E-state index is -0.524. The van der Waals surface area contributed by atoms with Gasteiger partial charge in [0.25, 0.3) is 5.69 Å². The van der Waals surface area contributed by atoms with Gasteiger partial charge in [-0.05, 0) is 43.0 Å². The first-order chi connectivity index (χ1) is 10.2. The molecule has 0 aliphatic heterocycles. The first-order valence-electron chi connectivity index (χ1n) is 6.70. The largest absolute Gasteiger partial charge is 0.380 e. The molecule has 2 aromatic rings. The molecule has 0 atom stereocenters.